The summed E-state index contributed by atoms with van der Waals surface area (Å²) in [6.45, 7) is 8.78. The van der Waals surface area contributed by atoms with Crippen LogP contribution >= 0.6 is 11.3 Å². The number of aliphatic hydroxyl groups excluding tert-OH is 1. The number of rotatable bonds is 13. The van der Waals surface area contributed by atoms with Gasteiger partial charge in [0.2, 0.25) is 17.7 Å². The van der Waals surface area contributed by atoms with Crippen molar-refractivity contribution < 1.29 is 29.0 Å². The van der Waals surface area contributed by atoms with Crippen LogP contribution in [0.5, 0.6) is 0 Å². The van der Waals surface area contributed by atoms with Crippen LogP contribution in [-0.4, -0.2) is 83.9 Å². The number of carbonyl (C=O) groups is 3. The van der Waals surface area contributed by atoms with Gasteiger partial charge in [0.25, 0.3) is 0 Å². The highest BCUT2D eigenvalue weighted by atomic mass is 32.1. The van der Waals surface area contributed by atoms with E-state index in [-0.39, 0.29) is 51.0 Å². The van der Waals surface area contributed by atoms with Crippen molar-refractivity contribution in [3.8, 4) is 22.8 Å². The number of β-amino-alcohol motifs (C(OH)–C–C–N with tert-alkyl or cyclic N) is 1. The summed E-state index contributed by atoms with van der Waals surface area (Å²) in [6, 6.07) is 6.14. The van der Waals surface area contributed by atoms with Crippen LogP contribution in [0.4, 0.5) is 0 Å². The Morgan fingerprint density at radius 2 is 1.90 bits per heavy atom. The van der Waals surface area contributed by atoms with Gasteiger partial charge < -0.3 is 30.1 Å². The number of hydrogen-bond donors (Lipinski definition) is 3. The van der Waals surface area contributed by atoms with E-state index in [1.807, 2.05) is 57.5 Å². The van der Waals surface area contributed by atoms with Crippen LogP contribution < -0.4 is 10.6 Å². The van der Waals surface area contributed by atoms with E-state index in [0.29, 0.717) is 13.2 Å². The average molecular weight is 585 g/mol. The fourth-order valence-electron chi connectivity index (χ4n) is 4.53. The van der Waals surface area contributed by atoms with Gasteiger partial charge in [0, 0.05) is 25.9 Å². The summed E-state index contributed by atoms with van der Waals surface area (Å²) in [5, 5.41) is 16.1. The summed E-state index contributed by atoms with van der Waals surface area (Å²) in [7, 11) is 0. The van der Waals surface area contributed by atoms with E-state index in [0.717, 1.165) is 21.7 Å². The van der Waals surface area contributed by atoms with E-state index >= 15 is 0 Å². The maximum absolute atomic E-state index is 13.7. The molecule has 0 radical (unpaired) electrons. The first-order valence-electron chi connectivity index (χ1n) is 13.6. The molecule has 2 aromatic rings. The topological polar surface area (TPSA) is 130 Å². The number of aliphatic hydroxyl groups is 1. The lowest BCUT2D eigenvalue weighted by Gasteiger charge is -2.35. The number of likely N-dealkylation sites (tertiary alicyclic amines) is 1. The third-order valence-electron chi connectivity index (χ3n) is 6.74. The van der Waals surface area contributed by atoms with Crippen LogP contribution in [0.2, 0.25) is 0 Å². The molecule has 0 spiro atoms. The second kappa shape index (κ2) is 15.1. The van der Waals surface area contributed by atoms with Crippen LogP contribution in [0.3, 0.4) is 0 Å². The Labute approximate surface area is 245 Å². The van der Waals surface area contributed by atoms with Gasteiger partial charge in [-0.15, -0.1) is 17.8 Å². The molecule has 3 unspecified atom stereocenters. The van der Waals surface area contributed by atoms with E-state index in [2.05, 4.69) is 21.5 Å². The van der Waals surface area contributed by atoms with Crippen LogP contribution in [0.1, 0.15) is 44.9 Å². The van der Waals surface area contributed by atoms with Gasteiger partial charge in [-0.3, -0.25) is 14.4 Å². The van der Waals surface area contributed by atoms with Gasteiger partial charge in [-0.25, -0.2) is 4.98 Å². The van der Waals surface area contributed by atoms with Gasteiger partial charge in [0.1, 0.15) is 18.7 Å². The van der Waals surface area contributed by atoms with Gasteiger partial charge in [0.05, 0.1) is 42.0 Å². The highest BCUT2D eigenvalue weighted by Gasteiger charge is 2.44. The molecule has 1 fully saturated rings. The van der Waals surface area contributed by atoms with E-state index in [1.165, 1.54) is 4.90 Å². The van der Waals surface area contributed by atoms with E-state index < -0.39 is 29.5 Å². The third-order valence-corrected chi connectivity index (χ3v) is 7.72. The summed E-state index contributed by atoms with van der Waals surface area (Å²) in [5.41, 5.74) is 4.12. The van der Waals surface area contributed by atoms with Crippen LogP contribution in [0.15, 0.2) is 29.8 Å². The van der Waals surface area contributed by atoms with Crippen molar-refractivity contribution in [2.75, 3.05) is 33.0 Å². The zero-order chi connectivity index (χ0) is 30.0. The molecule has 3 atom stereocenters. The fraction of sp³-hybridized carbons (Fsp3) is 0.533. The Morgan fingerprint density at radius 3 is 2.54 bits per heavy atom. The maximum atomic E-state index is 13.7. The van der Waals surface area contributed by atoms with Crippen molar-refractivity contribution >= 4 is 29.1 Å². The zero-order valence-corrected chi connectivity index (χ0v) is 25.0. The number of benzene rings is 1. The highest BCUT2D eigenvalue weighted by Crippen LogP contribution is 2.28. The second-order valence-electron chi connectivity index (χ2n) is 11.1. The summed E-state index contributed by atoms with van der Waals surface area (Å²) in [4.78, 5) is 46.3. The Kier molecular flexibility index (Phi) is 11.8. The molecule has 222 valence electrons. The van der Waals surface area contributed by atoms with Gasteiger partial charge in [0.15, 0.2) is 0 Å². The summed E-state index contributed by atoms with van der Waals surface area (Å²) in [5.74, 6) is 1.26. The lowest BCUT2D eigenvalue weighted by molar-refractivity contribution is -0.144. The smallest absolute Gasteiger partial charge is 0.246 e. The number of carbonyl (C=O) groups excluding carboxylic acids is 3. The number of amides is 3. The predicted molar refractivity (Wildman–Crippen MR) is 157 cm³/mol. The molecule has 0 bridgehead atoms. The first kappa shape index (κ1) is 32.2. The number of terminal acetylenes is 1. The maximum Gasteiger partial charge on any atom is 0.246 e. The first-order chi connectivity index (χ1) is 19.5. The van der Waals surface area contributed by atoms with Crippen molar-refractivity contribution in [3.05, 3.63) is 41.0 Å². The molecule has 1 saturated heterocycles. The van der Waals surface area contributed by atoms with E-state index in [1.54, 1.807) is 11.3 Å². The number of thiazole rings is 1. The summed E-state index contributed by atoms with van der Waals surface area (Å²) in [6.07, 6.45) is 4.47. The number of ether oxygens (including phenoxy) is 2. The third kappa shape index (κ3) is 9.36. The average Bonchev–Trinajstić information content (AvgIpc) is 3.54. The monoisotopic (exact) mass is 584 g/mol. The number of hydrogen-bond acceptors (Lipinski definition) is 8. The molecule has 1 aliphatic rings. The van der Waals surface area contributed by atoms with Crippen molar-refractivity contribution in [3.63, 3.8) is 0 Å². The normalized spacial score (nSPS) is 17.6. The molecule has 0 saturated carbocycles. The van der Waals surface area contributed by atoms with Crippen molar-refractivity contribution in [2.24, 2.45) is 5.41 Å². The largest absolute Gasteiger partial charge is 0.391 e. The molecule has 1 aromatic heterocycles. The molecular formula is C30H40N4O6S. The molecule has 3 N–H and O–H groups in total. The molecule has 0 aliphatic carbocycles. The molecule has 11 heteroatoms. The minimum Gasteiger partial charge on any atom is -0.391 e. The predicted octanol–water partition coefficient (Wildman–Crippen LogP) is 2.28. The van der Waals surface area contributed by atoms with Crippen molar-refractivity contribution in [2.45, 2.75) is 65.3 Å². The highest BCUT2D eigenvalue weighted by molar-refractivity contribution is 7.13. The minimum atomic E-state index is -0.891. The molecule has 1 aromatic carbocycles. The van der Waals surface area contributed by atoms with Gasteiger partial charge >= 0.3 is 0 Å². The summed E-state index contributed by atoms with van der Waals surface area (Å²) >= 11 is 1.58. The zero-order valence-electron chi connectivity index (χ0n) is 24.1. The number of nitrogens with zero attached hydrogens (tertiary/aromatic N) is 2. The Hall–Kier alpha value is -3.30. The van der Waals surface area contributed by atoms with Crippen LogP contribution in [-0.2, 0) is 30.4 Å². The molecule has 1 aliphatic heterocycles. The summed E-state index contributed by atoms with van der Waals surface area (Å²) < 4.78 is 10.5. The molecule has 41 heavy (non-hydrogen) atoms. The van der Waals surface area contributed by atoms with E-state index in [4.69, 9.17) is 15.9 Å². The van der Waals surface area contributed by atoms with E-state index in [9.17, 15) is 19.5 Å². The Balaban J connectivity index is 1.57. The second-order valence-corrected chi connectivity index (χ2v) is 11.9. The lowest BCUT2D eigenvalue weighted by atomic mass is 9.85. The Morgan fingerprint density at radius 1 is 1.20 bits per heavy atom. The first-order valence-corrected chi connectivity index (χ1v) is 14.5. The molecule has 10 nitrogen and oxygen atoms in total. The van der Waals surface area contributed by atoms with Gasteiger partial charge in [-0.2, -0.15) is 0 Å². The Bertz CT molecular complexity index is 1220. The number of aryl methyl sites for hydroxylation is 1. The van der Waals surface area contributed by atoms with Crippen LogP contribution in [0.25, 0.3) is 10.4 Å². The SMILES string of the molecule is C#CCOCCOCCC(=O)NC(C(=O)N1CC(O)CC1C(=O)NCc1ccc(-c2scnc2C)cc1)C(C)(C)C. The number of nitrogens with one attached hydrogen (secondary N) is 2. The lowest BCUT2D eigenvalue weighted by Crippen LogP contribution is -2.57. The molecule has 2 heterocycles. The quantitative estimate of drug-likeness (QED) is 0.243. The minimum absolute atomic E-state index is 0.0169. The number of aromatic nitrogens is 1. The van der Waals surface area contributed by atoms with Crippen LogP contribution in [0, 0.1) is 24.7 Å². The van der Waals surface area contributed by atoms with Crippen molar-refractivity contribution in [1.82, 2.24) is 20.5 Å². The van der Waals surface area contributed by atoms with Gasteiger partial charge in [-0.1, -0.05) is 51.0 Å². The fourth-order valence-corrected chi connectivity index (χ4v) is 5.34. The standard InChI is InChI=1S/C30H40N4O6S/c1-6-12-39-14-15-40-13-11-25(36)33-27(30(3,4)5)29(38)34-18-23(35)16-24(34)28(37)31-17-21-7-9-22(10-8-21)26-20(2)32-19-41-26/h1,7-10,19,23-24,27,35H,11-18H2,2-5H3,(H,31,37)(H,33,36). The molecule has 3 amide bonds. The van der Waals surface area contributed by atoms with Crippen molar-refractivity contribution in [1.29, 1.82) is 0 Å². The molecule has 3 rings (SSSR count). The van der Waals surface area contributed by atoms with Gasteiger partial charge in [-0.05, 0) is 23.5 Å². The molecular weight excluding hydrogens is 544 g/mol.